The highest BCUT2D eigenvalue weighted by Crippen LogP contribution is 2.49. The normalized spacial score (nSPS) is 12.1. The van der Waals surface area contributed by atoms with Gasteiger partial charge in [0.1, 0.15) is 18.1 Å². The van der Waals surface area contributed by atoms with E-state index in [1.807, 2.05) is 41.8 Å². The molecule has 3 N–H and O–H groups in total. The second-order valence-electron chi connectivity index (χ2n) is 11.5. The van der Waals surface area contributed by atoms with Gasteiger partial charge in [-0.2, -0.15) is 0 Å². The second kappa shape index (κ2) is 10.2. The number of carboxylic acids is 1. The van der Waals surface area contributed by atoms with Crippen molar-refractivity contribution >= 4 is 16.9 Å². The Morgan fingerprint density at radius 2 is 1.64 bits per heavy atom. The number of aromatic nitrogens is 1. The van der Waals surface area contributed by atoms with Crippen LogP contribution in [-0.2, 0) is 24.0 Å². The summed E-state index contributed by atoms with van der Waals surface area (Å²) in [6, 6.07) is 15.9. The molecule has 6 heteroatoms. The number of aromatic hydroxyl groups is 2. The van der Waals surface area contributed by atoms with Crippen LogP contribution in [0.4, 0.5) is 0 Å². The molecule has 204 valence electrons. The van der Waals surface area contributed by atoms with Gasteiger partial charge in [0, 0.05) is 22.9 Å². The Bertz CT molecular complexity index is 1550. The van der Waals surface area contributed by atoms with Crippen molar-refractivity contribution in [2.45, 2.75) is 65.5 Å². The predicted molar refractivity (Wildman–Crippen MR) is 156 cm³/mol. The fraction of sp³-hybridized carbons (Fsp3) is 0.303. The number of aryl methyl sites for hydroxylation is 1. The minimum Gasteiger partial charge on any atom is -0.508 e. The molecule has 0 aliphatic heterocycles. The van der Waals surface area contributed by atoms with Crippen LogP contribution in [-0.4, -0.2) is 25.9 Å². The third kappa shape index (κ3) is 5.11. The molecule has 0 amide bonds. The first kappa shape index (κ1) is 27.8. The number of aromatic carboxylic acids is 1. The highest BCUT2D eigenvalue weighted by Gasteiger charge is 2.34. The minimum absolute atomic E-state index is 0.153. The zero-order valence-corrected chi connectivity index (χ0v) is 23.5. The molecule has 0 aliphatic carbocycles. The Labute approximate surface area is 229 Å². The fourth-order valence-electron chi connectivity index (χ4n) is 5.24. The van der Waals surface area contributed by atoms with Gasteiger partial charge in [-0.3, -0.25) is 0 Å². The maximum absolute atomic E-state index is 11.5. The van der Waals surface area contributed by atoms with Crippen LogP contribution in [0.25, 0.3) is 22.0 Å². The molecule has 0 fully saturated rings. The average Bonchev–Trinajstić information content (AvgIpc) is 3.16. The Morgan fingerprint density at radius 3 is 2.21 bits per heavy atom. The van der Waals surface area contributed by atoms with E-state index >= 15 is 0 Å². The summed E-state index contributed by atoms with van der Waals surface area (Å²) in [5, 5.41) is 32.5. The van der Waals surface area contributed by atoms with E-state index in [-0.39, 0.29) is 29.2 Å². The van der Waals surface area contributed by atoms with E-state index in [1.54, 1.807) is 30.3 Å². The fourth-order valence-corrected chi connectivity index (χ4v) is 5.24. The summed E-state index contributed by atoms with van der Waals surface area (Å²) in [6.07, 6.45) is 1.88. The Kier molecular flexibility index (Phi) is 7.26. The van der Waals surface area contributed by atoms with Gasteiger partial charge in [-0.15, -0.1) is 6.58 Å². The van der Waals surface area contributed by atoms with Crippen molar-refractivity contribution in [3.63, 3.8) is 0 Å². The van der Waals surface area contributed by atoms with E-state index < -0.39 is 11.4 Å². The number of rotatable bonds is 8. The first-order valence-corrected chi connectivity index (χ1v) is 13.1. The van der Waals surface area contributed by atoms with Crippen molar-refractivity contribution in [1.82, 2.24) is 4.57 Å². The van der Waals surface area contributed by atoms with Crippen LogP contribution in [0.5, 0.6) is 17.4 Å². The number of carbonyl (C=O) groups is 1. The van der Waals surface area contributed by atoms with E-state index in [4.69, 9.17) is 9.84 Å². The highest BCUT2D eigenvalue weighted by molar-refractivity contribution is 6.01. The largest absolute Gasteiger partial charge is 0.508 e. The number of phenols is 1. The molecule has 4 rings (SSSR count). The summed E-state index contributed by atoms with van der Waals surface area (Å²) < 4.78 is 7.96. The number of benzene rings is 3. The molecule has 39 heavy (non-hydrogen) atoms. The molecule has 0 radical (unpaired) electrons. The SMILES string of the molecule is C=CC(C)(C)c1c(-c2c(O)n(CC)c3ccc(OCc4ccc(C(=O)O)cc4)cc23)ccc(O)c1C(C)(C)C. The number of phenolic OH excluding ortho intramolecular Hbond substituents is 1. The molecule has 4 aromatic rings. The van der Waals surface area contributed by atoms with Crippen LogP contribution in [0.2, 0.25) is 0 Å². The molecule has 0 aliphatic rings. The lowest BCUT2D eigenvalue weighted by molar-refractivity contribution is 0.0696. The molecule has 0 atom stereocenters. The molecule has 0 bridgehead atoms. The Hall–Kier alpha value is -4.19. The average molecular weight is 528 g/mol. The summed E-state index contributed by atoms with van der Waals surface area (Å²) >= 11 is 0. The smallest absolute Gasteiger partial charge is 0.335 e. The third-order valence-electron chi connectivity index (χ3n) is 7.29. The molecule has 3 aromatic carbocycles. The van der Waals surface area contributed by atoms with Crippen LogP contribution in [0, 0.1) is 0 Å². The van der Waals surface area contributed by atoms with Crippen molar-refractivity contribution in [3.05, 3.63) is 89.5 Å². The monoisotopic (exact) mass is 527 g/mol. The molecule has 0 saturated heterocycles. The molecule has 1 aromatic heterocycles. The Morgan fingerprint density at radius 1 is 0.974 bits per heavy atom. The summed E-state index contributed by atoms with van der Waals surface area (Å²) in [7, 11) is 0. The van der Waals surface area contributed by atoms with Crippen LogP contribution in [0.3, 0.4) is 0 Å². The molecular weight excluding hydrogens is 490 g/mol. The van der Waals surface area contributed by atoms with Gasteiger partial charge in [0.25, 0.3) is 0 Å². The van der Waals surface area contributed by atoms with Gasteiger partial charge < -0.3 is 24.6 Å². The van der Waals surface area contributed by atoms with Crippen molar-refractivity contribution in [2.75, 3.05) is 0 Å². The molecule has 0 spiro atoms. The molecule has 0 unspecified atom stereocenters. The molecular formula is C33H37NO5. The number of carboxylic acid groups (broad SMARTS) is 1. The van der Waals surface area contributed by atoms with Crippen molar-refractivity contribution in [3.8, 4) is 28.5 Å². The van der Waals surface area contributed by atoms with Gasteiger partial charge in [-0.25, -0.2) is 4.79 Å². The number of nitrogens with zero attached hydrogens (tertiary/aromatic N) is 1. The van der Waals surface area contributed by atoms with Crippen molar-refractivity contribution in [2.24, 2.45) is 0 Å². The summed E-state index contributed by atoms with van der Waals surface area (Å²) in [4.78, 5) is 11.1. The highest BCUT2D eigenvalue weighted by atomic mass is 16.5. The second-order valence-corrected chi connectivity index (χ2v) is 11.5. The van der Waals surface area contributed by atoms with Gasteiger partial charge >= 0.3 is 5.97 Å². The van der Waals surface area contributed by atoms with Crippen molar-refractivity contribution < 1.29 is 24.9 Å². The van der Waals surface area contributed by atoms with E-state index in [9.17, 15) is 15.0 Å². The van der Waals surface area contributed by atoms with Crippen LogP contribution >= 0.6 is 0 Å². The van der Waals surface area contributed by atoms with Crippen LogP contribution < -0.4 is 4.74 Å². The van der Waals surface area contributed by atoms with E-state index in [0.717, 1.165) is 33.2 Å². The van der Waals surface area contributed by atoms with Crippen LogP contribution in [0.1, 0.15) is 68.6 Å². The Balaban J connectivity index is 1.90. The summed E-state index contributed by atoms with van der Waals surface area (Å²) in [6.45, 7) is 17.2. The molecule has 0 saturated carbocycles. The minimum atomic E-state index is -0.969. The maximum atomic E-state index is 11.5. The first-order chi connectivity index (χ1) is 18.3. The summed E-state index contributed by atoms with van der Waals surface area (Å²) in [5.41, 5.74) is 4.33. The van der Waals surface area contributed by atoms with Gasteiger partial charge in [-0.05, 0) is 65.4 Å². The predicted octanol–water partition coefficient (Wildman–Crippen LogP) is 7.78. The zero-order valence-electron chi connectivity index (χ0n) is 23.5. The maximum Gasteiger partial charge on any atom is 0.335 e. The number of ether oxygens (including phenoxy) is 1. The van der Waals surface area contributed by atoms with Crippen LogP contribution in [0.15, 0.2) is 67.3 Å². The van der Waals surface area contributed by atoms with Gasteiger partial charge in [0.2, 0.25) is 0 Å². The number of fused-ring (bicyclic) bond motifs is 1. The number of hydrogen-bond donors (Lipinski definition) is 3. The number of hydrogen-bond acceptors (Lipinski definition) is 4. The van der Waals surface area contributed by atoms with E-state index in [2.05, 4.69) is 41.2 Å². The standard InChI is InChI=1S/C33H37NO5/c1-8-33(6,7)28-23(15-17-26(35)29(28)32(3,4)5)27-24-18-22(14-16-25(24)34(9-2)30(27)36)39-19-20-10-12-21(13-11-20)31(37)38/h8,10-18,35-36H,1,9,19H2,2-7H3,(H,37,38). The number of allylic oxidation sites excluding steroid dienone is 1. The molecule has 1 heterocycles. The van der Waals surface area contributed by atoms with E-state index in [1.165, 1.54) is 0 Å². The third-order valence-corrected chi connectivity index (χ3v) is 7.29. The van der Waals surface area contributed by atoms with Crippen molar-refractivity contribution in [1.29, 1.82) is 0 Å². The quantitative estimate of drug-likeness (QED) is 0.204. The topological polar surface area (TPSA) is 91.9 Å². The molecule has 6 nitrogen and oxygen atoms in total. The first-order valence-electron chi connectivity index (χ1n) is 13.1. The lowest BCUT2D eigenvalue weighted by Gasteiger charge is -2.33. The van der Waals surface area contributed by atoms with Gasteiger partial charge in [0.15, 0.2) is 5.88 Å². The lowest BCUT2D eigenvalue weighted by Crippen LogP contribution is -2.24. The summed E-state index contributed by atoms with van der Waals surface area (Å²) in [5.74, 6) is 0.0237. The van der Waals surface area contributed by atoms with Gasteiger partial charge in [0.05, 0.1) is 16.6 Å². The lowest BCUT2D eigenvalue weighted by atomic mass is 9.71. The zero-order chi connectivity index (χ0) is 28.7. The van der Waals surface area contributed by atoms with Gasteiger partial charge in [-0.1, -0.05) is 58.9 Å². The van der Waals surface area contributed by atoms with E-state index in [0.29, 0.717) is 17.9 Å².